The number of nitrogens with one attached hydrogen (secondary N) is 1. The van der Waals surface area contributed by atoms with Crippen LogP contribution in [0.5, 0.6) is 0 Å². The van der Waals surface area contributed by atoms with Gasteiger partial charge in [0.2, 0.25) is 0 Å². The highest BCUT2D eigenvalue weighted by Crippen LogP contribution is 2.28. The molecule has 2 unspecified atom stereocenters. The Bertz CT molecular complexity index is 294. The summed E-state index contributed by atoms with van der Waals surface area (Å²) in [7, 11) is 0. The molecule has 4 nitrogen and oxygen atoms in total. The van der Waals surface area contributed by atoms with E-state index in [1.54, 1.807) is 0 Å². The van der Waals surface area contributed by atoms with Gasteiger partial charge >= 0.3 is 0 Å². The first kappa shape index (κ1) is 11.5. The monoisotopic (exact) mass is 238 g/mol. The highest BCUT2D eigenvalue weighted by Gasteiger charge is 2.41. The minimum atomic E-state index is -0.171. The lowest BCUT2D eigenvalue weighted by Gasteiger charge is -2.24. The first-order valence-electron chi connectivity index (χ1n) is 6.89. The number of carbonyl (C=O) groups is 1. The van der Waals surface area contributed by atoms with Crippen molar-refractivity contribution in [2.45, 2.75) is 38.3 Å². The van der Waals surface area contributed by atoms with Crippen LogP contribution in [0.1, 0.15) is 26.2 Å². The highest BCUT2D eigenvalue weighted by molar-refractivity contribution is 5.82. The van der Waals surface area contributed by atoms with Crippen LogP contribution in [0.2, 0.25) is 0 Å². The number of likely N-dealkylation sites (tertiary alicyclic amines) is 1. The van der Waals surface area contributed by atoms with Crippen molar-refractivity contribution in [3.8, 4) is 0 Å². The second kappa shape index (κ2) is 4.58. The molecule has 0 spiro atoms. The van der Waals surface area contributed by atoms with Gasteiger partial charge in [0.15, 0.2) is 0 Å². The van der Waals surface area contributed by atoms with Gasteiger partial charge < -0.3 is 15.0 Å². The van der Waals surface area contributed by atoms with Crippen molar-refractivity contribution in [2.24, 2.45) is 11.8 Å². The maximum absolute atomic E-state index is 12.4. The van der Waals surface area contributed by atoms with Gasteiger partial charge in [-0.2, -0.15) is 0 Å². The van der Waals surface area contributed by atoms with Crippen LogP contribution in [0.15, 0.2) is 0 Å². The molecular weight excluding hydrogens is 216 g/mol. The van der Waals surface area contributed by atoms with E-state index in [4.69, 9.17) is 4.74 Å². The van der Waals surface area contributed by atoms with Gasteiger partial charge in [0.25, 0.3) is 5.91 Å². The Morgan fingerprint density at radius 3 is 2.94 bits per heavy atom. The fourth-order valence-corrected chi connectivity index (χ4v) is 3.42. The molecule has 1 N–H and O–H groups in total. The molecule has 0 aromatic rings. The van der Waals surface area contributed by atoms with Crippen LogP contribution < -0.4 is 5.32 Å². The lowest BCUT2D eigenvalue weighted by atomic mass is 9.94. The zero-order valence-electron chi connectivity index (χ0n) is 10.5. The van der Waals surface area contributed by atoms with E-state index in [0.29, 0.717) is 17.9 Å². The van der Waals surface area contributed by atoms with Crippen LogP contribution in [-0.4, -0.2) is 49.2 Å². The predicted molar refractivity (Wildman–Crippen MR) is 64.6 cm³/mol. The maximum Gasteiger partial charge on any atom is 0.252 e. The second-order valence-electron chi connectivity index (χ2n) is 5.76. The number of fused-ring (bicyclic) bond motifs is 1. The van der Waals surface area contributed by atoms with Crippen LogP contribution in [0.25, 0.3) is 0 Å². The minimum absolute atomic E-state index is 0.171. The number of nitrogens with zero attached hydrogens (tertiary/aromatic N) is 1. The number of hydrogen-bond acceptors (Lipinski definition) is 3. The Balaban J connectivity index is 1.63. The minimum Gasteiger partial charge on any atom is -0.368 e. The van der Waals surface area contributed by atoms with Crippen LogP contribution in [-0.2, 0) is 9.53 Å². The molecule has 4 heteroatoms. The lowest BCUT2D eigenvalue weighted by Crippen LogP contribution is -2.43. The van der Waals surface area contributed by atoms with Gasteiger partial charge in [-0.25, -0.2) is 0 Å². The zero-order valence-corrected chi connectivity index (χ0v) is 10.5. The van der Waals surface area contributed by atoms with E-state index >= 15 is 0 Å². The summed E-state index contributed by atoms with van der Waals surface area (Å²) < 4.78 is 5.58. The largest absolute Gasteiger partial charge is 0.368 e. The quantitative estimate of drug-likeness (QED) is 0.728. The van der Waals surface area contributed by atoms with Gasteiger partial charge in [0.05, 0.1) is 0 Å². The van der Waals surface area contributed by atoms with E-state index in [1.165, 1.54) is 12.8 Å². The summed E-state index contributed by atoms with van der Waals surface area (Å²) in [5.74, 6) is 1.29. The summed E-state index contributed by atoms with van der Waals surface area (Å²) in [6.45, 7) is 5.80. The second-order valence-corrected chi connectivity index (χ2v) is 5.76. The Kier molecular flexibility index (Phi) is 3.09. The maximum atomic E-state index is 12.4. The highest BCUT2D eigenvalue weighted by atomic mass is 16.5. The van der Waals surface area contributed by atoms with Crippen LogP contribution in [0.3, 0.4) is 0 Å². The van der Waals surface area contributed by atoms with Crippen LogP contribution in [0, 0.1) is 11.8 Å². The average molecular weight is 238 g/mol. The third-order valence-corrected chi connectivity index (χ3v) is 4.54. The number of carbonyl (C=O) groups excluding carboxylic acids is 1. The Hall–Kier alpha value is -0.610. The first-order chi connectivity index (χ1) is 8.25. The molecule has 3 aliphatic rings. The van der Waals surface area contributed by atoms with Gasteiger partial charge in [-0.15, -0.1) is 0 Å². The average Bonchev–Trinajstić information content (AvgIpc) is 2.93. The molecule has 17 heavy (non-hydrogen) atoms. The van der Waals surface area contributed by atoms with Gasteiger partial charge in [-0.3, -0.25) is 4.79 Å². The van der Waals surface area contributed by atoms with Crippen LogP contribution in [0.4, 0.5) is 0 Å². The molecule has 0 bridgehead atoms. The standard InChI is InChI=1S/C13H22N2O2/c1-9-4-6-17-12(9)13(16)15-7-10-3-2-5-14-11(10)8-15/h9-12,14H,2-8H2,1H3/t9?,10-,11+,12?/m0/s1. The first-order valence-corrected chi connectivity index (χ1v) is 6.89. The smallest absolute Gasteiger partial charge is 0.252 e. The third kappa shape index (κ3) is 2.08. The van der Waals surface area contributed by atoms with Crippen molar-refractivity contribution in [2.75, 3.05) is 26.2 Å². The SMILES string of the molecule is CC1CCOC1C(=O)N1C[C@@H]2CCCN[C@@H]2C1. The third-order valence-electron chi connectivity index (χ3n) is 4.54. The molecule has 3 aliphatic heterocycles. The van der Waals surface area contributed by atoms with Crippen molar-refractivity contribution in [1.82, 2.24) is 10.2 Å². The number of rotatable bonds is 1. The Morgan fingerprint density at radius 2 is 2.24 bits per heavy atom. The fourth-order valence-electron chi connectivity index (χ4n) is 3.42. The van der Waals surface area contributed by atoms with E-state index in [1.807, 2.05) is 4.90 Å². The van der Waals surface area contributed by atoms with E-state index in [9.17, 15) is 4.79 Å². The Labute approximate surface area is 103 Å². The van der Waals surface area contributed by atoms with E-state index in [0.717, 1.165) is 32.7 Å². The molecule has 3 fully saturated rings. The van der Waals surface area contributed by atoms with Crippen molar-refractivity contribution in [3.63, 3.8) is 0 Å². The molecule has 0 aromatic heterocycles. The molecule has 0 radical (unpaired) electrons. The number of amides is 1. The molecule has 0 aliphatic carbocycles. The van der Waals surface area contributed by atoms with Gasteiger partial charge in [0, 0.05) is 25.7 Å². The van der Waals surface area contributed by atoms with Crippen LogP contribution >= 0.6 is 0 Å². The molecule has 96 valence electrons. The normalized spacial score (nSPS) is 41.6. The summed E-state index contributed by atoms with van der Waals surface area (Å²) in [5.41, 5.74) is 0. The van der Waals surface area contributed by atoms with Crippen molar-refractivity contribution in [3.05, 3.63) is 0 Å². The molecule has 0 saturated carbocycles. The summed E-state index contributed by atoms with van der Waals surface area (Å²) >= 11 is 0. The van der Waals surface area contributed by atoms with Gasteiger partial charge in [-0.05, 0) is 37.6 Å². The molecule has 4 atom stereocenters. The summed E-state index contributed by atoms with van der Waals surface area (Å²) in [6.07, 6.45) is 3.37. The summed E-state index contributed by atoms with van der Waals surface area (Å²) in [5, 5.41) is 3.53. The van der Waals surface area contributed by atoms with Crippen molar-refractivity contribution < 1.29 is 9.53 Å². The van der Waals surface area contributed by atoms with E-state index < -0.39 is 0 Å². The van der Waals surface area contributed by atoms with E-state index in [-0.39, 0.29) is 12.0 Å². The summed E-state index contributed by atoms with van der Waals surface area (Å²) in [4.78, 5) is 14.4. The molecule has 3 heterocycles. The topological polar surface area (TPSA) is 41.6 Å². The Morgan fingerprint density at radius 1 is 1.35 bits per heavy atom. The molecule has 1 amide bonds. The zero-order chi connectivity index (χ0) is 11.8. The molecule has 3 saturated heterocycles. The fraction of sp³-hybridized carbons (Fsp3) is 0.923. The summed E-state index contributed by atoms with van der Waals surface area (Å²) in [6, 6.07) is 0.532. The van der Waals surface area contributed by atoms with E-state index in [2.05, 4.69) is 12.2 Å². The predicted octanol–water partition coefficient (Wildman–Crippen LogP) is 0.622. The van der Waals surface area contributed by atoms with Gasteiger partial charge in [-0.1, -0.05) is 6.92 Å². The number of hydrogen-bond donors (Lipinski definition) is 1. The number of ether oxygens (including phenoxy) is 1. The van der Waals surface area contributed by atoms with Crippen molar-refractivity contribution >= 4 is 5.91 Å². The molecule has 3 rings (SSSR count). The van der Waals surface area contributed by atoms with Gasteiger partial charge in [0.1, 0.15) is 6.10 Å². The van der Waals surface area contributed by atoms with Crippen molar-refractivity contribution in [1.29, 1.82) is 0 Å². The molecule has 0 aromatic carbocycles. The molecular formula is C13H22N2O2. The lowest BCUT2D eigenvalue weighted by molar-refractivity contribution is -0.141. The number of piperidine rings is 1.